The van der Waals surface area contributed by atoms with Gasteiger partial charge in [-0.15, -0.1) is 0 Å². The van der Waals surface area contributed by atoms with E-state index in [1.54, 1.807) is 6.92 Å². The number of hydrogen-bond acceptors (Lipinski definition) is 1. The molecule has 0 bridgehead atoms. The molecular formula is C6H9F3O. The van der Waals surface area contributed by atoms with Crippen molar-refractivity contribution in [3.05, 3.63) is 0 Å². The molecule has 0 amide bonds. The van der Waals surface area contributed by atoms with Gasteiger partial charge in [0.15, 0.2) is 5.60 Å². The van der Waals surface area contributed by atoms with Crippen LogP contribution in [-0.4, -0.2) is 18.4 Å². The molecule has 0 radical (unpaired) electrons. The fourth-order valence-corrected chi connectivity index (χ4v) is 0.899. The van der Waals surface area contributed by atoms with Crippen molar-refractivity contribution in [1.29, 1.82) is 0 Å². The quantitative estimate of drug-likeness (QED) is 0.592. The minimum absolute atomic E-state index is 0.129. The molecule has 0 unspecified atom stereocenters. The normalized spacial score (nSPS) is 22.8. The zero-order chi connectivity index (χ0) is 7.83. The van der Waals surface area contributed by atoms with Crippen molar-refractivity contribution in [2.75, 3.05) is 6.61 Å². The number of ether oxygens (including phenoxy) is 1. The lowest BCUT2D eigenvalue weighted by molar-refractivity contribution is -0.234. The van der Waals surface area contributed by atoms with E-state index >= 15 is 0 Å². The molecule has 1 saturated carbocycles. The molecule has 10 heavy (non-hydrogen) atoms. The fourth-order valence-electron chi connectivity index (χ4n) is 0.899. The Labute approximate surface area is 57.2 Å². The average Bonchev–Trinajstić information content (AvgIpc) is 2.45. The largest absolute Gasteiger partial charge is 0.417 e. The summed E-state index contributed by atoms with van der Waals surface area (Å²) in [7, 11) is 0. The van der Waals surface area contributed by atoms with Crippen molar-refractivity contribution in [1.82, 2.24) is 0 Å². The van der Waals surface area contributed by atoms with Gasteiger partial charge in [-0.2, -0.15) is 13.2 Å². The zero-order valence-electron chi connectivity index (χ0n) is 5.66. The maximum Gasteiger partial charge on any atom is 0.417 e. The molecule has 0 aromatic rings. The van der Waals surface area contributed by atoms with E-state index in [9.17, 15) is 13.2 Å². The lowest BCUT2D eigenvalue weighted by Crippen LogP contribution is -2.33. The number of alkyl halides is 3. The summed E-state index contributed by atoms with van der Waals surface area (Å²) >= 11 is 0. The second-order valence-corrected chi connectivity index (χ2v) is 2.43. The highest BCUT2D eigenvalue weighted by Gasteiger charge is 2.64. The summed E-state index contributed by atoms with van der Waals surface area (Å²) < 4.78 is 40.5. The Bertz CT molecular complexity index is 125. The molecule has 1 aliphatic rings. The van der Waals surface area contributed by atoms with Crippen molar-refractivity contribution < 1.29 is 17.9 Å². The zero-order valence-corrected chi connectivity index (χ0v) is 5.66. The van der Waals surface area contributed by atoms with Crippen LogP contribution in [0.5, 0.6) is 0 Å². The molecule has 4 heteroatoms. The van der Waals surface area contributed by atoms with Gasteiger partial charge in [0.2, 0.25) is 0 Å². The van der Waals surface area contributed by atoms with Crippen LogP contribution in [0, 0.1) is 0 Å². The van der Waals surface area contributed by atoms with Crippen LogP contribution in [-0.2, 0) is 4.74 Å². The molecule has 1 aliphatic carbocycles. The molecular weight excluding hydrogens is 145 g/mol. The third-order valence-electron chi connectivity index (χ3n) is 1.64. The molecule has 0 aromatic carbocycles. The van der Waals surface area contributed by atoms with Gasteiger partial charge in [-0.3, -0.25) is 0 Å². The Morgan fingerprint density at radius 3 is 2.00 bits per heavy atom. The first-order valence-electron chi connectivity index (χ1n) is 3.22. The monoisotopic (exact) mass is 154 g/mol. The predicted octanol–water partition coefficient (Wildman–Crippen LogP) is 2.12. The van der Waals surface area contributed by atoms with E-state index in [1.165, 1.54) is 0 Å². The van der Waals surface area contributed by atoms with Gasteiger partial charge in [0, 0.05) is 6.61 Å². The van der Waals surface area contributed by atoms with Gasteiger partial charge in [-0.1, -0.05) is 0 Å². The van der Waals surface area contributed by atoms with Crippen molar-refractivity contribution in [2.24, 2.45) is 0 Å². The van der Waals surface area contributed by atoms with Crippen molar-refractivity contribution in [3.63, 3.8) is 0 Å². The van der Waals surface area contributed by atoms with Crippen LogP contribution in [0.2, 0.25) is 0 Å². The molecule has 60 valence electrons. The van der Waals surface area contributed by atoms with Crippen LogP contribution in [0.1, 0.15) is 19.8 Å². The third-order valence-corrected chi connectivity index (χ3v) is 1.64. The van der Waals surface area contributed by atoms with E-state index in [0.29, 0.717) is 0 Å². The highest BCUT2D eigenvalue weighted by Crippen LogP contribution is 2.51. The van der Waals surface area contributed by atoms with Crippen LogP contribution in [0.3, 0.4) is 0 Å². The van der Waals surface area contributed by atoms with Crippen LogP contribution in [0.15, 0.2) is 0 Å². The molecule has 0 aliphatic heterocycles. The van der Waals surface area contributed by atoms with Crippen LogP contribution in [0.4, 0.5) is 13.2 Å². The second kappa shape index (κ2) is 2.12. The minimum Gasteiger partial charge on any atom is -0.366 e. The predicted molar refractivity (Wildman–Crippen MR) is 29.6 cm³/mol. The van der Waals surface area contributed by atoms with E-state index < -0.39 is 11.8 Å². The van der Waals surface area contributed by atoms with Crippen molar-refractivity contribution in [2.45, 2.75) is 31.5 Å². The lowest BCUT2D eigenvalue weighted by Gasteiger charge is -2.18. The third kappa shape index (κ3) is 1.12. The van der Waals surface area contributed by atoms with Crippen LogP contribution < -0.4 is 0 Å². The summed E-state index contributed by atoms with van der Waals surface area (Å²) in [6.07, 6.45) is -3.91. The Morgan fingerprint density at radius 1 is 1.40 bits per heavy atom. The van der Waals surface area contributed by atoms with Crippen LogP contribution >= 0.6 is 0 Å². The molecule has 0 saturated heterocycles. The Kier molecular flexibility index (Phi) is 1.66. The van der Waals surface area contributed by atoms with Gasteiger partial charge in [0.1, 0.15) is 0 Å². The van der Waals surface area contributed by atoms with Gasteiger partial charge in [-0.25, -0.2) is 0 Å². The summed E-state index contributed by atoms with van der Waals surface area (Å²) in [6, 6.07) is 0. The van der Waals surface area contributed by atoms with Gasteiger partial charge >= 0.3 is 6.18 Å². The topological polar surface area (TPSA) is 9.23 Å². The van der Waals surface area contributed by atoms with Crippen molar-refractivity contribution >= 4 is 0 Å². The summed E-state index contributed by atoms with van der Waals surface area (Å²) in [5.41, 5.74) is -1.76. The standard InChI is InChI=1S/C6H9F3O/c1-2-10-5(3-4-5)6(7,8)9/h2-4H2,1H3. The highest BCUT2D eigenvalue weighted by atomic mass is 19.4. The summed E-state index contributed by atoms with van der Waals surface area (Å²) in [5, 5.41) is 0. The Balaban J connectivity index is 2.52. The molecule has 0 spiro atoms. The van der Waals surface area contributed by atoms with E-state index in [0.717, 1.165) is 0 Å². The lowest BCUT2D eigenvalue weighted by atomic mass is 10.3. The molecule has 0 atom stereocenters. The summed E-state index contributed by atoms with van der Waals surface area (Å²) in [5.74, 6) is 0. The molecule has 0 aromatic heterocycles. The molecule has 1 rings (SSSR count). The first-order valence-corrected chi connectivity index (χ1v) is 3.22. The van der Waals surface area contributed by atoms with Gasteiger partial charge in [-0.05, 0) is 19.8 Å². The van der Waals surface area contributed by atoms with Crippen molar-refractivity contribution in [3.8, 4) is 0 Å². The van der Waals surface area contributed by atoms with E-state index in [2.05, 4.69) is 4.74 Å². The Hall–Kier alpha value is -0.250. The number of hydrogen-bond donors (Lipinski definition) is 0. The number of halogens is 3. The highest BCUT2D eigenvalue weighted by molar-refractivity contribution is 5.02. The number of rotatable bonds is 2. The maximum absolute atomic E-state index is 12.0. The molecule has 0 heterocycles. The SMILES string of the molecule is CCOC1(C(F)(F)F)CC1. The maximum atomic E-state index is 12.0. The van der Waals surface area contributed by atoms with Gasteiger partial charge in [0.05, 0.1) is 0 Å². The van der Waals surface area contributed by atoms with E-state index in [4.69, 9.17) is 0 Å². The average molecular weight is 154 g/mol. The van der Waals surface area contributed by atoms with E-state index in [-0.39, 0.29) is 19.4 Å². The first kappa shape index (κ1) is 7.85. The second-order valence-electron chi connectivity index (χ2n) is 2.43. The molecule has 1 nitrogen and oxygen atoms in total. The fraction of sp³-hybridized carbons (Fsp3) is 1.00. The molecule has 1 fully saturated rings. The van der Waals surface area contributed by atoms with Gasteiger partial charge in [0.25, 0.3) is 0 Å². The molecule has 0 N–H and O–H groups in total. The van der Waals surface area contributed by atoms with Crippen LogP contribution in [0.25, 0.3) is 0 Å². The Morgan fingerprint density at radius 2 is 1.90 bits per heavy atom. The smallest absolute Gasteiger partial charge is 0.366 e. The van der Waals surface area contributed by atoms with Gasteiger partial charge < -0.3 is 4.74 Å². The first-order chi connectivity index (χ1) is 4.52. The summed E-state index contributed by atoms with van der Waals surface area (Å²) in [6.45, 7) is 1.71. The summed E-state index contributed by atoms with van der Waals surface area (Å²) in [4.78, 5) is 0. The minimum atomic E-state index is -4.16. The van der Waals surface area contributed by atoms with E-state index in [1.807, 2.05) is 0 Å².